The average molecular weight is 400 g/mol. The second kappa shape index (κ2) is 7.58. The van der Waals surface area contributed by atoms with E-state index in [4.69, 9.17) is 16.3 Å². The first kappa shape index (κ1) is 19.5. The van der Waals surface area contributed by atoms with Crippen molar-refractivity contribution < 1.29 is 22.9 Å². The third-order valence-electron chi connectivity index (χ3n) is 3.36. The van der Waals surface area contributed by atoms with Gasteiger partial charge in [0.1, 0.15) is 5.75 Å². The molecule has 0 radical (unpaired) electrons. The zero-order chi connectivity index (χ0) is 19.5. The lowest BCUT2D eigenvalue weighted by Crippen LogP contribution is -2.20. The van der Waals surface area contributed by atoms with Gasteiger partial charge in [-0.25, -0.2) is 8.42 Å². The highest BCUT2D eigenvalue weighted by molar-refractivity contribution is 7.92. The summed E-state index contributed by atoms with van der Waals surface area (Å²) in [5.41, 5.74) is -0.464. The molecule has 0 spiro atoms. The smallest absolute Gasteiger partial charge is 0.271 e. The quantitative estimate of drug-likeness (QED) is 0.567. The minimum absolute atomic E-state index is 0.0146. The van der Waals surface area contributed by atoms with Gasteiger partial charge >= 0.3 is 0 Å². The largest absolute Gasteiger partial charge is 0.496 e. The minimum atomic E-state index is -4.16. The predicted molar refractivity (Wildman–Crippen MR) is 95.3 cm³/mol. The van der Waals surface area contributed by atoms with Crippen molar-refractivity contribution in [3.8, 4) is 5.75 Å². The van der Waals surface area contributed by atoms with E-state index in [0.717, 1.165) is 18.2 Å². The zero-order valence-corrected chi connectivity index (χ0v) is 15.2. The Labute approximate surface area is 154 Å². The summed E-state index contributed by atoms with van der Waals surface area (Å²) in [7, 11) is -1.42. The number of hydrogen-bond donors (Lipinski definition) is 2. The van der Waals surface area contributed by atoms with Crippen LogP contribution >= 0.6 is 11.6 Å². The Morgan fingerprint density at radius 3 is 2.50 bits per heavy atom. The first-order chi connectivity index (χ1) is 12.2. The highest BCUT2D eigenvalue weighted by atomic mass is 35.5. The molecule has 26 heavy (non-hydrogen) atoms. The molecule has 9 nitrogen and oxygen atoms in total. The molecule has 0 aliphatic rings. The predicted octanol–water partition coefficient (Wildman–Crippen LogP) is 2.42. The number of ether oxygens (including phenoxy) is 1. The molecular formula is C15H14ClN3O6S. The van der Waals surface area contributed by atoms with Gasteiger partial charge in [0.25, 0.3) is 21.6 Å². The summed E-state index contributed by atoms with van der Waals surface area (Å²) in [6.07, 6.45) is 0. The van der Waals surface area contributed by atoms with Crippen molar-refractivity contribution in [1.82, 2.24) is 5.32 Å². The number of non-ortho nitro benzene ring substituents is 1. The summed E-state index contributed by atoms with van der Waals surface area (Å²) in [4.78, 5) is 21.8. The summed E-state index contributed by atoms with van der Waals surface area (Å²) in [6.45, 7) is 0. The molecule has 0 aliphatic carbocycles. The number of rotatable bonds is 6. The molecule has 0 aliphatic heterocycles. The number of carbonyl (C=O) groups is 1. The molecule has 2 N–H and O–H groups in total. The van der Waals surface area contributed by atoms with Crippen molar-refractivity contribution in [1.29, 1.82) is 0 Å². The maximum Gasteiger partial charge on any atom is 0.271 e. The fraction of sp³-hybridized carbons (Fsp3) is 0.133. The maximum absolute atomic E-state index is 12.6. The number of amides is 1. The summed E-state index contributed by atoms with van der Waals surface area (Å²) >= 11 is 5.91. The fourth-order valence-electron chi connectivity index (χ4n) is 2.08. The summed E-state index contributed by atoms with van der Waals surface area (Å²) in [5.74, 6) is -0.344. The third-order valence-corrected chi connectivity index (χ3v) is 5.05. The Morgan fingerprint density at radius 2 is 1.92 bits per heavy atom. The molecule has 0 fully saturated rings. The Balaban J connectivity index is 2.47. The van der Waals surface area contributed by atoms with Gasteiger partial charge in [0.05, 0.1) is 33.2 Å². The average Bonchev–Trinajstić information content (AvgIpc) is 2.61. The van der Waals surface area contributed by atoms with Crippen LogP contribution in [0.5, 0.6) is 5.75 Å². The second-order valence-corrected chi connectivity index (χ2v) is 7.06. The van der Waals surface area contributed by atoms with Gasteiger partial charge in [0, 0.05) is 19.2 Å². The van der Waals surface area contributed by atoms with Crippen molar-refractivity contribution in [3.05, 3.63) is 57.1 Å². The molecule has 2 rings (SSSR count). The van der Waals surface area contributed by atoms with Crippen LogP contribution < -0.4 is 14.8 Å². The number of anilines is 1. The van der Waals surface area contributed by atoms with Crippen molar-refractivity contribution in [2.45, 2.75) is 4.90 Å². The standard InChI is InChI=1S/C15H14ClN3O6S/c1-17-15(20)11-8-10(4-6-14(11)25-2)26(23,24)18-13-7-9(19(21)22)3-5-12(13)16/h3-8,18H,1-2H3,(H,17,20). The van der Waals surface area contributed by atoms with E-state index in [1.165, 1.54) is 32.4 Å². The van der Waals surface area contributed by atoms with Gasteiger partial charge in [-0.15, -0.1) is 0 Å². The minimum Gasteiger partial charge on any atom is -0.496 e. The van der Waals surface area contributed by atoms with Gasteiger partial charge in [-0.2, -0.15) is 0 Å². The highest BCUT2D eigenvalue weighted by Gasteiger charge is 2.21. The molecule has 0 heterocycles. The number of methoxy groups -OCH3 is 1. The van der Waals surface area contributed by atoms with Crippen LogP contribution in [0.25, 0.3) is 0 Å². The number of nitro groups is 1. The Hall–Kier alpha value is -2.85. The van der Waals surface area contributed by atoms with E-state index in [2.05, 4.69) is 10.0 Å². The Bertz CT molecular complexity index is 977. The van der Waals surface area contributed by atoms with E-state index in [1.54, 1.807) is 0 Å². The van der Waals surface area contributed by atoms with Crippen LogP contribution in [0, 0.1) is 10.1 Å². The maximum atomic E-state index is 12.6. The number of nitrogens with one attached hydrogen (secondary N) is 2. The van der Waals surface area contributed by atoms with Crippen LogP contribution in [0.4, 0.5) is 11.4 Å². The molecule has 1 amide bonds. The lowest BCUT2D eigenvalue weighted by Gasteiger charge is -2.12. The summed E-state index contributed by atoms with van der Waals surface area (Å²) in [6, 6.07) is 7.06. The van der Waals surface area contributed by atoms with Gasteiger partial charge in [-0.1, -0.05) is 11.6 Å². The monoisotopic (exact) mass is 399 g/mol. The van der Waals surface area contributed by atoms with Gasteiger partial charge in [-0.3, -0.25) is 19.6 Å². The van der Waals surface area contributed by atoms with Gasteiger partial charge in [0.15, 0.2) is 0 Å². The second-order valence-electron chi connectivity index (χ2n) is 4.97. The molecule has 138 valence electrons. The van der Waals surface area contributed by atoms with Crippen molar-refractivity contribution >= 4 is 38.9 Å². The first-order valence-corrected chi connectivity index (χ1v) is 8.92. The van der Waals surface area contributed by atoms with E-state index < -0.39 is 20.9 Å². The third kappa shape index (κ3) is 4.03. The van der Waals surface area contributed by atoms with Crippen LogP contribution in [0.1, 0.15) is 10.4 Å². The highest BCUT2D eigenvalue weighted by Crippen LogP contribution is 2.30. The number of carbonyl (C=O) groups excluding carboxylic acids is 1. The fourth-order valence-corrected chi connectivity index (χ4v) is 3.39. The lowest BCUT2D eigenvalue weighted by atomic mass is 10.2. The molecule has 0 saturated heterocycles. The van der Waals surface area contributed by atoms with Crippen LogP contribution in [0.2, 0.25) is 5.02 Å². The van der Waals surface area contributed by atoms with E-state index in [-0.39, 0.29) is 32.6 Å². The molecule has 0 bridgehead atoms. The normalized spacial score (nSPS) is 10.9. The molecule has 0 unspecified atom stereocenters. The van der Waals surface area contributed by atoms with E-state index >= 15 is 0 Å². The molecule has 2 aromatic rings. The van der Waals surface area contributed by atoms with Crippen LogP contribution in [0.15, 0.2) is 41.3 Å². The van der Waals surface area contributed by atoms with Crippen molar-refractivity contribution in [3.63, 3.8) is 0 Å². The van der Waals surface area contributed by atoms with Crippen LogP contribution in [0.3, 0.4) is 0 Å². The Morgan fingerprint density at radius 1 is 1.23 bits per heavy atom. The lowest BCUT2D eigenvalue weighted by molar-refractivity contribution is -0.384. The summed E-state index contributed by atoms with van der Waals surface area (Å²) < 4.78 is 32.4. The first-order valence-electron chi connectivity index (χ1n) is 7.06. The van der Waals surface area contributed by atoms with Gasteiger partial charge in [-0.05, 0) is 24.3 Å². The van der Waals surface area contributed by atoms with Crippen molar-refractivity contribution in [2.24, 2.45) is 0 Å². The topological polar surface area (TPSA) is 128 Å². The number of nitro benzene ring substituents is 1. The SMILES string of the molecule is CNC(=O)c1cc(S(=O)(=O)Nc2cc([N+](=O)[O-])ccc2Cl)ccc1OC. The number of halogens is 1. The Kier molecular flexibility index (Phi) is 5.68. The number of nitrogens with zero attached hydrogens (tertiary/aromatic N) is 1. The number of sulfonamides is 1. The van der Waals surface area contributed by atoms with E-state index in [1.807, 2.05) is 0 Å². The zero-order valence-electron chi connectivity index (χ0n) is 13.6. The van der Waals surface area contributed by atoms with E-state index in [0.29, 0.717) is 0 Å². The molecule has 11 heteroatoms. The van der Waals surface area contributed by atoms with Gasteiger partial charge < -0.3 is 10.1 Å². The summed E-state index contributed by atoms with van der Waals surface area (Å²) in [5, 5.41) is 13.2. The van der Waals surface area contributed by atoms with Gasteiger partial charge in [0.2, 0.25) is 0 Å². The number of benzene rings is 2. The molecule has 0 saturated carbocycles. The van der Waals surface area contributed by atoms with Crippen molar-refractivity contribution in [2.75, 3.05) is 18.9 Å². The molecule has 0 atom stereocenters. The van der Waals surface area contributed by atoms with Crippen LogP contribution in [-0.4, -0.2) is 33.4 Å². The molecule has 2 aromatic carbocycles. The van der Waals surface area contributed by atoms with Crippen LogP contribution in [-0.2, 0) is 10.0 Å². The molecule has 0 aromatic heterocycles. The number of hydrogen-bond acceptors (Lipinski definition) is 6. The van der Waals surface area contributed by atoms with E-state index in [9.17, 15) is 23.3 Å². The molecular weight excluding hydrogens is 386 g/mol.